The third-order valence-electron chi connectivity index (χ3n) is 2.04. The summed E-state index contributed by atoms with van der Waals surface area (Å²) in [6.45, 7) is 0. The first-order chi connectivity index (χ1) is 8.60. The SMILES string of the molecule is NNc1nc(Sc2cccc(Cl)c2)c(Cl)cc1Cl. The van der Waals surface area contributed by atoms with E-state index in [-0.39, 0.29) is 0 Å². The van der Waals surface area contributed by atoms with Gasteiger partial charge in [0.15, 0.2) is 5.82 Å². The number of rotatable bonds is 3. The van der Waals surface area contributed by atoms with Crippen molar-refractivity contribution >= 4 is 52.4 Å². The summed E-state index contributed by atoms with van der Waals surface area (Å²) in [6, 6.07) is 9.00. The van der Waals surface area contributed by atoms with E-state index in [1.165, 1.54) is 11.8 Å². The minimum Gasteiger partial charge on any atom is -0.307 e. The van der Waals surface area contributed by atoms with Gasteiger partial charge in [-0.25, -0.2) is 10.8 Å². The van der Waals surface area contributed by atoms with Crippen molar-refractivity contribution in [1.29, 1.82) is 0 Å². The zero-order valence-corrected chi connectivity index (χ0v) is 12.0. The van der Waals surface area contributed by atoms with E-state index in [0.29, 0.717) is 25.9 Å². The quantitative estimate of drug-likeness (QED) is 0.647. The second-order valence-electron chi connectivity index (χ2n) is 3.31. The van der Waals surface area contributed by atoms with Gasteiger partial charge in [-0.15, -0.1) is 0 Å². The van der Waals surface area contributed by atoms with Crippen LogP contribution in [0, 0.1) is 0 Å². The minimum absolute atomic E-state index is 0.373. The number of nitrogens with one attached hydrogen (secondary N) is 1. The maximum Gasteiger partial charge on any atom is 0.160 e. The molecule has 0 aliphatic rings. The lowest BCUT2D eigenvalue weighted by atomic mass is 10.4. The van der Waals surface area contributed by atoms with Crippen LogP contribution in [0.3, 0.4) is 0 Å². The van der Waals surface area contributed by atoms with Gasteiger partial charge in [-0.2, -0.15) is 0 Å². The molecule has 0 aliphatic heterocycles. The topological polar surface area (TPSA) is 50.9 Å². The number of nitrogens with two attached hydrogens (primary N) is 1. The van der Waals surface area contributed by atoms with Gasteiger partial charge < -0.3 is 5.43 Å². The normalized spacial score (nSPS) is 10.4. The summed E-state index contributed by atoms with van der Waals surface area (Å²) in [4.78, 5) is 5.17. The number of pyridine rings is 1. The van der Waals surface area contributed by atoms with E-state index in [1.807, 2.05) is 18.2 Å². The number of hydrogen-bond donors (Lipinski definition) is 2. The molecule has 0 radical (unpaired) electrons. The fourth-order valence-corrected chi connectivity index (χ4v) is 2.90. The van der Waals surface area contributed by atoms with Gasteiger partial charge in [0.25, 0.3) is 0 Å². The molecule has 0 bridgehead atoms. The second kappa shape index (κ2) is 5.99. The van der Waals surface area contributed by atoms with E-state index >= 15 is 0 Å². The predicted octanol–water partition coefficient (Wildman–Crippen LogP) is 4.48. The molecule has 18 heavy (non-hydrogen) atoms. The molecule has 7 heteroatoms. The molecule has 2 rings (SSSR count). The van der Waals surface area contributed by atoms with E-state index in [1.54, 1.807) is 12.1 Å². The van der Waals surface area contributed by atoms with E-state index in [4.69, 9.17) is 40.6 Å². The number of halogens is 3. The molecule has 0 spiro atoms. The molecular formula is C11H8Cl3N3S. The van der Waals surface area contributed by atoms with Gasteiger partial charge >= 0.3 is 0 Å². The zero-order valence-electron chi connectivity index (χ0n) is 8.95. The molecule has 1 aromatic heterocycles. The van der Waals surface area contributed by atoms with Gasteiger partial charge in [-0.3, -0.25) is 0 Å². The van der Waals surface area contributed by atoms with Crippen molar-refractivity contribution in [2.45, 2.75) is 9.92 Å². The van der Waals surface area contributed by atoms with Crippen LogP contribution in [0.2, 0.25) is 15.1 Å². The van der Waals surface area contributed by atoms with Crippen LogP contribution in [0.4, 0.5) is 5.82 Å². The first-order valence-corrected chi connectivity index (χ1v) is 6.81. The number of nitrogens with zero attached hydrogens (tertiary/aromatic N) is 1. The molecule has 0 aliphatic carbocycles. The number of hydrazine groups is 1. The maximum atomic E-state index is 6.08. The number of nitrogen functional groups attached to an aromatic ring is 1. The summed E-state index contributed by atoms with van der Waals surface area (Å²) >= 11 is 19.3. The predicted molar refractivity (Wildman–Crippen MR) is 77.6 cm³/mol. The van der Waals surface area contributed by atoms with Crippen LogP contribution >= 0.6 is 46.6 Å². The Hall–Kier alpha value is -0.650. The second-order valence-corrected chi connectivity index (χ2v) is 5.62. The Morgan fingerprint density at radius 3 is 2.56 bits per heavy atom. The van der Waals surface area contributed by atoms with Crippen LogP contribution in [0.1, 0.15) is 0 Å². The highest BCUT2D eigenvalue weighted by Gasteiger charge is 2.10. The highest BCUT2D eigenvalue weighted by molar-refractivity contribution is 7.99. The van der Waals surface area contributed by atoms with Crippen molar-refractivity contribution in [3.63, 3.8) is 0 Å². The van der Waals surface area contributed by atoms with Gasteiger partial charge in [0.05, 0.1) is 10.0 Å². The molecule has 3 nitrogen and oxygen atoms in total. The standard InChI is InChI=1S/C11H8Cl3N3S/c12-6-2-1-3-7(4-6)18-11-9(14)5-8(13)10(16-11)17-15/h1-5H,15H2,(H,16,17). The fourth-order valence-electron chi connectivity index (χ4n) is 1.26. The lowest BCUT2D eigenvalue weighted by molar-refractivity contribution is 1.11. The number of benzene rings is 1. The molecule has 0 saturated heterocycles. The van der Waals surface area contributed by atoms with E-state index < -0.39 is 0 Å². The molecule has 1 heterocycles. The number of hydrogen-bond acceptors (Lipinski definition) is 4. The summed E-state index contributed by atoms with van der Waals surface area (Å²) < 4.78 is 0. The monoisotopic (exact) mass is 319 g/mol. The first-order valence-electron chi connectivity index (χ1n) is 4.86. The largest absolute Gasteiger partial charge is 0.307 e. The maximum absolute atomic E-state index is 6.08. The van der Waals surface area contributed by atoms with E-state index in [9.17, 15) is 0 Å². The lowest BCUT2D eigenvalue weighted by Gasteiger charge is -2.08. The summed E-state index contributed by atoms with van der Waals surface area (Å²) in [7, 11) is 0. The van der Waals surface area contributed by atoms with Crippen LogP contribution in [-0.2, 0) is 0 Å². The van der Waals surface area contributed by atoms with Gasteiger partial charge in [0.2, 0.25) is 0 Å². The molecule has 1 aromatic carbocycles. The van der Waals surface area contributed by atoms with Crippen molar-refractivity contribution in [3.8, 4) is 0 Å². The van der Waals surface area contributed by atoms with Crippen molar-refractivity contribution in [1.82, 2.24) is 4.98 Å². The number of anilines is 1. The Kier molecular flexibility index (Phi) is 4.59. The van der Waals surface area contributed by atoms with Gasteiger partial charge in [-0.1, -0.05) is 52.6 Å². The van der Waals surface area contributed by atoms with Crippen molar-refractivity contribution in [2.24, 2.45) is 5.84 Å². The Morgan fingerprint density at radius 2 is 1.89 bits per heavy atom. The smallest absolute Gasteiger partial charge is 0.160 e. The highest BCUT2D eigenvalue weighted by atomic mass is 35.5. The van der Waals surface area contributed by atoms with Crippen LogP contribution < -0.4 is 11.3 Å². The Balaban J connectivity index is 2.34. The van der Waals surface area contributed by atoms with E-state index in [0.717, 1.165) is 4.90 Å². The zero-order chi connectivity index (χ0) is 13.1. The van der Waals surface area contributed by atoms with Crippen LogP contribution in [-0.4, -0.2) is 4.98 Å². The summed E-state index contributed by atoms with van der Waals surface area (Å²) in [5.74, 6) is 5.70. The summed E-state index contributed by atoms with van der Waals surface area (Å²) in [6.07, 6.45) is 0. The van der Waals surface area contributed by atoms with Gasteiger partial charge in [0, 0.05) is 9.92 Å². The van der Waals surface area contributed by atoms with Crippen molar-refractivity contribution < 1.29 is 0 Å². The van der Waals surface area contributed by atoms with Crippen molar-refractivity contribution in [2.75, 3.05) is 5.43 Å². The van der Waals surface area contributed by atoms with Gasteiger partial charge in [0.1, 0.15) is 5.03 Å². The number of aromatic nitrogens is 1. The fraction of sp³-hybridized carbons (Fsp3) is 0. The molecule has 2 aromatic rings. The Bertz CT molecular complexity index is 577. The minimum atomic E-state index is 0.373. The highest BCUT2D eigenvalue weighted by Crippen LogP contribution is 2.36. The van der Waals surface area contributed by atoms with Crippen LogP contribution in [0.25, 0.3) is 0 Å². The lowest BCUT2D eigenvalue weighted by Crippen LogP contribution is -2.09. The molecular weight excluding hydrogens is 313 g/mol. The Morgan fingerprint density at radius 1 is 1.11 bits per heavy atom. The third-order valence-corrected chi connectivity index (χ3v) is 3.96. The molecule has 0 unspecified atom stereocenters. The summed E-state index contributed by atoms with van der Waals surface area (Å²) in [5, 5.41) is 2.10. The summed E-state index contributed by atoms with van der Waals surface area (Å²) in [5.41, 5.74) is 2.42. The molecule has 0 fully saturated rings. The van der Waals surface area contributed by atoms with E-state index in [2.05, 4.69) is 10.4 Å². The van der Waals surface area contributed by atoms with Crippen LogP contribution in [0.5, 0.6) is 0 Å². The van der Waals surface area contributed by atoms with Gasteiger partial charge in [-0.05, 0) is 24.3 Å². The molecule has 0 saturated carbocycles. The Labute approximate surface area is 124 Å². The van der Waals surface area contributed by atoms with Crippen molar-refractivity contribution in [3.05, 3.63) is 45.4 Å². The molecule has 94 valence electrons. The average molecular weight is 321 g/mol. The molecule has 0 atom stereocenters. The van der Waals surface area contributed by atoms with Crippen LogP contribution in [0.15, 0.2) is 40.3 Å². The average Bonchev–Trinajstić information content (AvgIpc) is 2.33. The third kappa shape index (κ3) is 3.22. The molecule has 3 N–H and O–H groups in total. The first kappa shape index (κ1) is 13.8. The molecule has 0 amide bonds.